The van der Waals surface area contributed by atoms with Gasteiger partial charge in [-0.15, -0.1) is 0 Å². The summed E-state index contributed by atoms with van der Waals surface area (Å²) < 4.78 is 1.27. The van der Waals surface area contributed by atoms with Gasteiger partial charge in [0.1, 0.15) is 0 Å². The van der Waals surface area contributed by atoms with Gasteiger partial charge in [0.2, 0.25) is 0 Å². The van der Waals surface area contributed by atoms with Crippen molar-refractivity contribution in [3.05, 3.63) is 33.8 Å². The van der Waals surface area contributed by atoms with Crippen LogP contribution in [0.25, 0.3) is 0 Å². The molecule has 1 atom stereocenters. The van der Waals surface area contributed by atoms with Crippen molar-refractivity contribution in [3.63, 3.8) is 0 Å². The second-order valence-corrected chi connectivity index (χ2v) is 6.12. The van der Waals surface area contributed by atoms with Gasteiger partial charge in [0.05, 0.1) is 0 Å². The highest BCUT2D eigenvalue weighted by Gasteiger charge is 2.19. The maximum atomic E-state index is 3.67. The van der Waals surface area contributed by atoms with Gasteiger partial charge in [0.15, 0.2) is 0 Å². The van der Waals surface area contributed by atoms with Crippen LogP contribution in [0.5, 0.6) is 0 Å². The Kier molecular flexibility index (Phi) is 4.74. The molecule has 0 radical (unpaired) electrons. The summed E-state index contributed by atoms with van der Waals surface area (Å²) in [4.78, 5) is 0. The van der Waals surface area contributed by atoms with E-state index in [9.17, 15) is 0 Å². The molecule has 1 aliphatic heterocycles. The molecule has 1 aliphatic rings. The Labute approximate surface area is 111 Å². The van der Waals surface area contributed by atoms with E-state index < -0.39 is 0 Å². The number of hydrogen-bond acceptors (Lipinski definition) is 2. The third-order valence-corrected chi connectivity index (χ3v) is 4.73. The zero-order chi connectivity index (χ0) is 11.4. The molecular formula is C13H18BrNS. The zero-order valence-electron chi connectivity index (χ0n) is 9.63. The second-order valence-electron chi connectivity index (χ2n) is 4.16. The minimum Gasteiger partial charge on any atom is -0.310 e. The lowest BCUT2D eigenvalue weighted by molar-refractivity contribution is 0.521. The van der Waals surface area contributed by atoms with E-state index in [1.165, 1.54) is 34.2 Å². The van der Waals surface area contributed by atoms with Gasteiger partial charge >= 0.3 is 0 Å². The number of fused-ring (bicyclic) bond motifs is 1. The van der Waals surface area contributed by atoms with Crippen LogP contribution < -0.4 is 5.32 Å². The van der Waals surface area contributed by atoms with E-state index in [-0.39, 0.29) is 0 Å². The van der Waals surface area contributed by atoms with Gasteiger partial charge in [-0.05, 0) is 42.3 Å². The van der Waals surface area contributed by atoms with Crippen molar-refractivity contribution in [2.75, 3.05) is 12.3 Å². The van der Waals surface area contributed by atoms with Crippen LogP contribution in [-0.2, 0) is 5.75 Å². The minimum absolute atomic E-state index is 0.544. The molecule has 16 heavy (non-hydrogen) atoms. The van der Waals surface area contributed by atoms with Gasteiger partial charge in [-0.1, -0.05) is 35.0 Å². The molecular weight excluding hydrogens is 282 g/mol. The normalized spacial score (nSPS) is 20.2. The molecule has 0 saturated carbocycles. The first kappa shape index (κ1) is 12.5. The molecule has 1 nitrogen and oxygen atoms in total. The van der Waals surface area contributed by atoms with Crippen molar-refractivity contribution >= 4 is 27.7 Å². The summed E-state index contributed by atoms with van der Waals surface area (Å²) in [6.07, 6.45) is 2.45. The fourth-order valence-corrected chi connectivity index (χ4v) is 3.90. The molecule has 1 N–H and O–H groups in total. The van der Waals surface area contributed by atoms with Crippen LogP contribution >= 0.6 is 27.7 Å². The first-order valence-corrected chi connectivity index (χ1v) is 7.86. The summed E-state index contributed by atoms with van der Waals surface area (Å²) in [5.74, 6) is 2.39. The fourth-order valence-electron chi connectivity index (χ4n) is 2.12. The maximum Gasteiger partial charge on any atom is 0.0331 e. The van der Waals surface area contributed by atoms with Gasteiger partial charge in [-0.3, -0.25) is 0 Å². The first-order valence-electron chi connectivity index (χ1n) is 5.91. The molecule has 2 rings (SSSR count). The Morgan fingerprint density at radius 3 is 3.19 bits per heavy atom. The van der Waals surface area contributed by atoms with Crippen molar-refractivity contribution in [2.45, 2.75) is 31.6 Å². The van der Waals surface area contributed by atoms with E-state index in [0.29, 0.717) is 6.04 Å². The first-order chi connectivity index (χ1) is 7.83. The van der Waals surface area contributed by atoms with Crippen molar-refractivity contribution < 1.29 is 0 Å². The molecule has 0 fully saturated rings. The molecule has 0 saturated heterocycles. The molecule has 3 heteroatoms. The highest BCUT2D eigenvalue weighted by molar-refractivity contribution is 9.10. The van der Waals surface area contributed by atoms with E-state index in [2.05, 4.69) is 46.4 Å². The van der Waals surface area contributed by atoms with Crippen LogP contribution in [0.1, 0.15) is 36.9 Å². The van der Waals surface area contributed by atoms with Gasteiger partial charge in [0, 0.05) is 16.3 Å². The van der Waals surface area contributed by atoms with Gasteiger partial charge in [0.25, 0.3) is 0 Å². The lowest BCUT2D eigenvalue weighted by Gasteiger charge is -2.19. The highest BCUT2D eigenvalue weighted by Crippen LogP contribution is 2.34. The van der Waals surface area contributed by atoms with Crippen LogP contribution in [0.15, 0.2) is 22.7 Å². The molecule has 0 aliphatic carbocycles. The standard InChI is InChI=1S/C13H18BrNS/c1-2-7-15-13-6-8-16-9-11-10(13)4-3-5-12(11)14/h3-5,13,15H,2,6-9H2,1H3. The van der Waals surface area contributed by atoms with E-state index in [1.54, 1.807) is 0 Å². The minimum atomic E-state index is 0.544. The average Bonchev–Trinajstić information content (AvgIpc) is 2.50. The predicted octanol–water partition coefficient (Wildman–Crippen LogP) is 4.13. The largest absolute Gasteiger partial charge is 0.310 e. The van der Waals surface area contributed by atoms with Crippen LogP contribution in [0.2, 0.25) is 0 Å². The fraction of sp³-hybridized carbons (Fsp3) is 0.538. The summed E-state index contributed by atoms with van der Waals surface area (Å²) in [6.45, 7) is 3.33. The molecule has 1 aromatic rings. The maximum absolute atomic E-state index is 3.67. The molecule has 0 bridgehead atoms. The van der Waals surface area contributed by atoms with Gasteiger partial charge in [-0.2, -0.15) is 11.8 Å². The molecule has 0 aromatic heterocycles. The lowest BCUT2D eigenvalue weighted by Crippen LogP contribution is -2.22. The van der Waals surface area contributed by atoms with E-state index >= 15 is 0 Å². The number of benzene rings is 1. The third-order valence-electron chi connectivity index (χ3n) is 2.97. The van der Waals surface area contributed by atoms with Crippen LogP contribution in [0, 0.1) is 0 Å². The Morgan fingerprint density at radius 1 is 1.50 bits per heavy atom. The monoisotopic (exact) mass is 299 g/mol. The van der Waals surface area contributed by atoms with E-state index in [4.69, 9.17) is 0 Å². The SMILES string of the molecule is CCCNC1CCSCc2c(Br)cccc21. The Morgan fingerprint density at radius 2 is 2.38 bits per heavy atom. The highest BCUT2D eigenvalue weighted by atomic mass is 79.9. The summed E-state index contributed by atoms with van der Waals surface area (Å²) in [5.41, 5.74) is 2.98. The molecule has 1 aromatic carbocycles. The van der Waals surface area contributed by atoms with Crippen molar-refractivity contribution in [1.82, 2.24) is 5.32 Å². The molecule has 1 unspecified atom stereocenters. The van der Waals surface area contributed by atoms with Gasteiger partial charge in [-0.25, -0.2) is 0 Å². The van der Waals surface area contributed by atoms with Crippen molar-refractivity contribution in [1.29, 1.82) is 0 Å². The van der Waals surface area contributed by atoms with E-state index in [0.717, 1.165) is 12.3 Å². The number of rotatable bonds is 3. The number of nitrogens with one attached hydrogen (secondary N) is 1. The predicted molar refractivity (Wildman–Crippen MR) is 76.0 cm³/mol. The zero-order valence-corrected chi connectivity index (χ0v) is 12.0. The molecule has 88 valence electrons. The summed E-state index contributed by atoms with van der Waals surface area (Å²) in [7, 11) is 0. The Bertz CT molecular complexity index is 354. The van der Waals surface area contributed by atoms with Gasteiger partial charge < -0.3 is 5.32 Å². The average molecular weight is 300 g/mol. The summed E-state index contributed by atoms with van der Waals surface area (Å²) >= 11 is 5.71. The summed E-state index contributed by atoms with van der Waals surface area (Å²) in [6, 6.07) is 7.13. The Hall–Kier alpha value is 0.0100. The summed E-state index contributed by atoms with van der Waals surface area (Å²) in [5, 5.41) is 3.66. The van der Waals surface area contributed by atoms with Crippen LogP contribution in [0.4, 0.5) is 0 Å². The smallest absolute Gasteiger partial charge is 0.0331 e. The quantitative estimate of drug-likeness (QED) is 0.901. The van der Waals surface area contributed by atoms with Crippen molar-refractivity contribution in [2.24, 2.45) is 0 Å². The molecule has 0 spiro atoms. The second kappa shape index (κ2) is 6.08. The van der Waals surface area contributed by atoms with Crippen molar-refractivity contribution in [3.8, 4) is 0 Å². The lowest BCUT2D eigenvalue weighted by atomic mass is 9.99. The number of thioether (sulfide) groups is 1. The van der Waals surface area contributed by atoms with Crippen LogP contribution in [-0.4, -0.2) is 12.3 Å². The molecule has 0 amide bonds. The third kappa shape index (κ3) is 2.82. The Balaban J connectivity index is 2.26. The van der Waals surface area contributed by atoms with E-state index in [1.807, 2.05) is 11.8 Å². The number of hydrogen-bond donors (Lipinski definition) is 1. The molecule has 1 heterocycles. The number of halogens is 1. The van der Waals surface area contributed by atoms with Crippen LogP contribution in [0.3, 0.4) is 0 Å². The topological polar surface area (TPSA) is 12.0 Å².